The molecule has 1 saturated heterocycles. The molecule has 4 rings (SSSR count). The van der Waals surface area contributed by atoms with E-state index in [9.17, 15) is 24.3 Å². The molecule has 38 heavy (non-hydrogen) atoms. The number of imide groups is 2. The first-order valence-electron chi connectivity index (χ1n) is 11.7. The van der Waals surface area contributed by atoms with Crippen molar-refractivity contribution < 1.29 is 33.8 Å². The minimum absolute atomic E-state index is 0.0381. The van der Waals surface area contributed by atoms with Crippen LogP contribution in [-0.4, -0.2) is 42.1 Å². The number of hydrogen-bond donors (Lipinski definition) is 3. The molecule has 3 aromatic carbocycles. The van der Waals surface area contributed by atoms with Crippen molar-refractivity contribution in [2.24, 2.45) is 0 Å². The Kier molecular flexibility index (Phi) is 7.72. The Morgan fingerprint density at radius 3 is 2.37 bits per heavy atom. The Hall–Kier alpha value is -5.12. The van der Waals surface area contributed by atoms with Crippen molar-refractivity contribution in [2.45, 2.75) is 13.8 Å². The molecular weight excluding hydrogens is 490 g/mol. The van der Waals surface area contributed by atoms with E-state index in [0.717, 1.165) is 10.5 Å². The topological polar surface area (TPSA) is 134 Å². The Morgan fingerprint density at radius 2 is 1.68 bits per heavy atom. The SMILES string of the molecule is CCOc1cc(/C=C2\C(=O)NC(=O)N(c3ccc(O)cc3)C2=O)ccc1OCC(=O)Nc1ccc(C)cc1. The van der Waals surface area contributed by atoms with E-state index in [1.165, 1.54) is 30.3 Å². The average Bonchev–Trinajstić information content (AvgIpc) is 2.88. The minimum Gasteiger partial charge on any atom is -0.508 e. The lowest BCUT2D eigenvalue weighted by molar-refractivity contribution is -0.122. The second kappa shape index (κ2) is 11.3. The smallest absolute Gasteiger partial charge is 0.335 e. The summed E-state index contributed by atoms with van der Waals surface area (Å²) in [5.41, 5.74) is 2.07. The Morgan fingerprint density at radius 1 is 0.974 bits per heavy atom. The number of carbonyl (C=O) groups excluding carboxylic acids is 4. The standard InChI is InChI=1S/C28H25N3O7/c1-3-37-24-15-18(6-13-23(24)38-16-25(33)29-19-7-4-17(2)5-8-19)14-22-26(34)30-28(36)31(27(22)35)20-9-11-21(32)12-10-20/h4-15,32H,3,16H2,1-2H3,(H,29,33)(H,30,34,36)/b22-14+. The molecule has 0 saturated carbocycles. The predicted octanol–water partition coefficient (Wildman–Crippen LogP) is 3.78. The van der Waals surface area contributed by atoms with Gasteiger partial charge in [0.15, 0.2) is 18.1 Å². The van der Waals surface area contributed by atoms with Gasteiger partial charge in [0.1, 0.15) is 11.3 Å². The normalized spacial score (nSPS) is 14.3. The summed E-state index contributed by atoms with van der Waals surface area (Å²) in [6, 6.07) is 16.6. The first-order chi connectivity index (χ1) is 18.2. The van der Waals surface area contributed by atoms with Crippen molar-refractivity contribution >= 4 is 41.2 Å². The molecule has 10 nitrogen and oxygen atoms in total. The number of rotatable bonds is 8. The molecule has 194 valence electrons. The molecule has 0 radical (unpaired) electrons. The van der Waals surface area contributed by atoms with Gasteiger partial charge in [-0.3, -0.25) is 19.7 Å². The van der Waals surface area contributed by atoms with Gasteiger partial charge >= 0.3 is 6.03 Å². The largest absolute Gasteiger partial charge is 0.508 e. The van der Waals surface area contributed by atoms with E-state index >= 15 is 0 Å². The number of anilines is 2. The minimum atomic E-state index is -0.898. The molecule has 5 amide bonds. The molecule has 3 aromatic rings. The Bertz CT molecular complexity index is 1410. The van der Waals surface area contributed by atoms with Crippen LogP contribution in [0.2, 0.25) is 0 Å². The molecule has 3 N–H and O–H groups in total. The van der Waals surface area contributed by atoms with Gasteiger partial charge in [-0.05, 0) is 74.0 Å². The van der Waals surface area contributed by atoms with Crippen LogP contribution in [0.3, 0.4) is 0 Å². The number of nitrogens with one attached hydrogen (secondary N) is 2. The number of hydrogen-bond acceptors (Lipinski definition) is 7. The zero-order valence-electron chi connectivity index (χ0n) is 20.7. The number of nitrogens with zero attached hydrogens (tertiary/aromatic N) is 1. The second-order valence-corrected chi connectivity index (χ2v) is 8.32. The fourth-order valence-electron chi connectivity index (χ4n) is 3.64. The van der Waals surface area contributed by atoms with Gasteiger partial charge in [-0.2, -0.15) is 0 Å². The Balaban J connectivity index is 1.52. The maximum Gasteiger partial charge on any atom is 0.335 e. The Labute approximate surface area is 218 Å². The molecule has 10 heteroatoms. The van der Waals surface area contributed by atoms with Gasteiger partial charge in [-0.1, -0.05) is 23.8 Å². The maximum absolute atomic E-state index is 13.1. The van der Waals surface area contributed by atoms with E-state index in [4.69, 9.17) is 9.47 Å². The van der Waals surface area contributed by atoms with Gasteiger partial charge in [0.05, 0.1) is 12.3 Å². The van der Waals surface area contributed by atoms with E-state index in [2.05, 4.69) is 10.6 Å². The quantitative estimate of drug-likeness (QED) is 0.307. The van der Waals surface area contributed by atoms with Crippen LogP contribution in [0.25, 0.3) is 6.08 Å². The molecule has 0 spiro atoms. The maximum atomic E-state index is 13.1. The number of phenolic OH excluding ortho intramolecular Hbond substituents is 1. The fourth-order valence-corrected chi connectivity index (χ4v) is 3.64. The van der Waals surface area contributed by atoms with Crippen LogP contribution in [0, 0.1) is 6.92 Å². The van der Waals surface area contributed by atoms with E-state index in [0.29, 0.717) is 29.4 Å². The number of benzene rings is 3. The van der Waals surface area contributed by atoms with Gasteiger partial charge in [0.25, 0.3) is 17.7 Å². The third kappa shape index (κ3) is 5.98. The van der Waals surface area contributed by atoms with E-state index < -0.39 is 17.8 Å². The molecule has 0 bridgehead atoms. The van der Waals surface area contributed by atoms with Gasteiger partial charge in [0, 0.05) is 5.69 Å². The van der Waals surface area contributed by atoms with Gasteiger partial charge < -0.3 is 19.9 Å². The van der Waals surface area contributed by atoms with Crippen molar-refractivity contribution in [3.63, 3.8) is 0 Å². The van der Waals surface area contributed by atoms with Crippen LogP contribution in [-0.2, 0) is 14.4 Å². The summed E-state index contributed by atoms with van der Waals surface area (Å²) in [5.74, 6) is -1.46. The van der Waals surface area contributed by atoms with Crippen LogP contribution in [0.5, 0.6) is 17.2 Å². The van der Waals surface area contributed by atoms with Crippen LogP contribution in [0.15, 0.2) is 72.3 Å². The van der Waals surface area contributed by atoms with Gasteiger partial charge in [-0.15, -0.1) is 0 Å². The highest BCUT2D eigenvalue weighted by Crippen LogP contribution is 2.30. The van der Waals surface area contributed by atoms with Crippen molar-refractivity contribution in [1.29, 1.82) is 0 Å². The number of barbiturate groups is 1. The van der Waals surface area contributed by atoms with Crippen molar-refractivity contribution in [3.05, 3.63) is 83.4 Å². The van der Waals surface area contributed by atoms with Crippen LogP contribution in [0.4, 0.5) is 16.2 Å². The molecule has 0 aliphatic carbocycles. The molecule has 1 fully saturated rings. The predicted molar refractivity (Wildman–Crippen MR) is 140 cm³/mol. The number of aryl methyl sites for hydroxylation is 1. The lowest BCUT2D eigenvalue weighted by Crippen LogP contribution is -2.54. The second-order valence-electron chi connectivity index (χ2n) is 8.32. The van der Waals surface area contributed by atoms with E-state index in [-0.39, 0.29) is 29.5 Å². The van der Waals surface area contributed by atoms with Crippen molar-refractivity contribution in [2.75, 3.05) is 23.4 Å². The number of amides is 5. The number of ether oxygens (including phenoxy) is 2. The van der Waals surface area contributed by atoms with E-state index in [1.807, 2.05) is 19.1 Å². The summed E-state index contributed by atoms with van der Waals surface area (Å²) in [6.45, 7) is 3.76. The number of phenols is 1. The number of carbonyl (C=O) groups is 4. The fraction of sp³-hybridized carbons (Fsp3) is 0.143. The van der Waals surface area contributed by atoms with E-state index in [1.54, 1.807) is 37.3 Å². The van der Waals surface area contributed by atoms with Crippen LogP contribution >= 0.6 is 0 Å². The van der Waals surface area contributed by atoms with Gasteiger partial charge in [0.2, 0.25) is 0 Å². The molecule has 0 atom stereocenters. The molecule has 0 aromatic heterocycles. The lowest BCUT2D eigenvalue weighted by Gasteiger charge is -2.26. The summed E-state index contributed by atoms with van der Waals surface area (Å²) in [6.07, 6.45) is 1.33. The first-order valence-corrected chi connectivity index (χ1v) is 11.7. The lowest BCUT2D eigenvalue weighted by atomic mass is 10.1. The van der Waals surface area contributed by atoms with Crippen LogP contribution in [0.1, 0.15) is 18.1 Å². The summed E-state index contributed by atoms with van der Waals surface area (Å²) >= 11 is 0. The van der Waals surface area contributed by atoms with Crippen molar-refractivity contribution in [1.82, 2.24) is 5.32 Å². The first kappa shape index (κ1) is 26.0. The number of urea groups is 1. The molecule has 1 heterocycles. The zero-order valence-corrected chi connectivity index (χ0v) is 20.7. The van der Waals surface area contributed by atoms with Crippen LogP contribution < -0.4 is 25.0 Å². The highest BCUT2D eigenvalue weighted by molar-refractivity contribution is 6.39. The zero-order chi connectivity index (χ0) is 27.2. The molecule has 0 unspecified atom stereocenters. The third-order valence-electron chi connectivity index (χ3n) is 5.48. The summed E-state index contributed by atoms with van der Waals surface area (Å²) < 4.78 is 11.3. The average molecular weight is 516 g/mol. The molecule has 1 aliphatic heterocycles. The third-order valence-corrected chi connectivity index (χ3v) is 5.48. The highest BCUT2D eigenvalue weighted by Gasteiger charge is 2.36. The highest BCUT2D eigenvalue weighted by atomic mass is 16.5. The van der Waals surface area contributed by atoms with Crippen molar-refractivity contribution in [3.8, 4) is 17.2 Å². The molecule has 1 aliphatic rings. The summed E-state index contributed by atoms with van der Waals surface area (Å²) in [7, 11) is 0. The number of aromatic hydroxyl groups is 1. The summed E-state index contributed by atoms with van der Waals surface area (Å²) in [5, 5.41) is 14.4. The summed E-state index contributed by atoms with van der Waals surface area (Å²) in [4.78, 5) is 51.0. The van der Waals surface area contributed by atoms with Gasteiger partial charge in [-0.25, -0.2) is 9.69 Å². The monoisotopic (exact) mass is 515 g/mol. The molecular formula is C28H25N3O7.